The van der Waals surface area contributed by atoms with Crippen LogP contribution in [0.15, 0.2) is 6.33 Å². The third-order valence-corrected chi connectivity index (χ3v) is 3.46. The zero-order valence-electron chi connectivity index (χ0n) is 11.8. The van der Waals surface area contributed by atoms with Gasteiger partial charge in [0.1, 0.15) is 6.33 Å². The van der Waals surface area contributed by atoms with Crippen molar-refractivity contribution >= 4 is 6.03 Å². The van der Waals surface area contributed by atoms with Crippen molar-refractivity contribution < 1.29 is 4.79 Å². The van der Waals surface area contributed by atoms with Crippen LogP contribution in [0.2, 0.25) is 0 Å². The van der Waals surface area contributed by atoms with E-state index in [-0.39, 0.29) is 17.6 Å². The predicted molar refractivity (Wildman–Crippen MR) is 70.1 cm³/mol. The normalized spacial score (nSPS) is 13.2. The molecule has 102 valence electrons. The number of aromatic nitrogens is 3. The molecule has 0 spiro atoms. The smallest absolute Gasteiger partial charge is 0.315 e. The fourth-order valence-electron chi connectivity index (χ4n) is 1.68. The Hall–Kier alpha value is -1.59. The van der Waals surface area contributed by atoms with Gasteiger partial charge in [0.2, 0.25) is 0 Å². The van der Waals surface area contributed by atoms with E-state index in [1.54, 1.807) is 10.9 Å². The molecule has 2 N–H and O–H groups in total. The average molecular weight is 253 g/mol. The number of carbonyl (C=O) groups excluding carboxylic acids is 1. The van der Waals surface area contributed by atoms with Gasteiger partial charge in [-0.3, -0.25) is 0 Å². The number of urea groups is 1. The molecule has 0 aromatic carbocycles. The topological polar surface area (TPSA) is 71.8 Å². The molecule has 0 fully saturated rings. The lowest BCUT2D eigenvalue weighted by atomic mass is 9.96. The number of nitrogens with one attached hydrogen (secondary N) is 2. The molecular formula is C12H23N5O. The van der Waals surface area contributed by atoms with Gasteiger partial charge in [0.15, 0.2) is 5.82 Å². The van der Waals surface area contributed by atoms with Gasteiger partial charge >= 0.3 is 6.03 Å². The minimum absolute atomic E-state index is 0.163. The maximum Gasteiger partial charge on any atom is 0.315 e. The standard InChI is InChI=1S/C12H23N5O/c1-6-12(4,7-2)15-11(18)14-9(3)10-16-13-8-17(10)5/h8-9H,6-7H2,1-5H3,(H2,14,15,18)/t9-/m1/s1. The molecule has 6 nitrogen and oxygen atoms in total. The Labute approximate surface area is 108 Å². The molecule has 1 aromatic heterocycles. The number of aryl methyl sites for hydroxylation is 1. The van der Waals surface area contributed by atoms with E-state index < -0.39 is 0 Å². The van der Waals surface area contributed by atoms with Gasteiger partial charge in [-0.2, -0.15) is 0 Å². The molecule has 0 aliphatic heterocycles. The zero-order chi connectivity index (χ0) is 13.8. The first-order valence-corrected chi connectivity index (χ1v) is 6.34. The quantitative estimate of drug-likeness (QED) is 0.839. The minimum atomic E-state index is -0.171. The highest BCUT2D eigenvalue weighted by Crippen LogP contribution is 2.14. The maximum absolute atomic E-state index is 11.9. The van der Waals surface area contributed by atoms with Crippen LogP contribution in [0.4, 0.5) is 4.79 Å². The van der Waals surface area contributed by atoms with Gasteiger partial charge in [0.05, 0.1) is 6.04 Å². The highest BCUT2D eigenvalue weighted by Gasteiger charge is 2.23. The SMILES string of the molecule is CCC(C)(CC)NC(=O)N[C@H](C)c1nncn1C. The summed E-state index contributed by atoms with van der Waals surface area (Å²) in [5.41, 5.74) is -0.163. The third-order valence-electron chi connectivity index (χ3n) is 3.46. The summed E-state index contributed by atoms with van der Waals surface area (Å²) in [5.74, 6) is 0.736. The van der Waals surface area contributed by atoms with Gasteiger partial charge in [-0.25, -0.2) is 4.79 Å². The van der Waals surface area contributed by atoms with E-state index in [1.165, 1.54) is 0 Å². The summed E-state index contributed by atoms with van der Waals surface area (Å²) in [4.78, 5) is 11.9. The first-order valence-electron chi connectivity index (χ1n) is 6.34. The van der Waals surface area contributed by atoms with E-state index >= 15 is 0 Å². The Balaban J connectivity index is 2.58. The van der Waals surface area contributed by atoms with Crippen LogP contribution in [-0.4, -0.2) is 26.3 Å². The minimum Gasteiger partial charge on any atom is -0.333 e. The molecule has 0 saturated heterocycles. The van der Waals surface area contributed by atoms with E-state index in [2.05, 4.69) is 34.7 Å². The van der Waals surface area contributed by atoms with Gasteiger partial charge < -0.3 is 15.2 Å². The first kappa shape index (κ1) is 14.5. The molecule has 1 rings (SSSR count). The van der Waals surface area contributed by atoms with Gasteiger partial charge in [-0.05, 0) is 26.7 Å². The fraction of sp³-hybridized carbons (Fsp3) is 0.750. The predicted octanol–water partition coefficient (Wildman–Crippen LogP) is 1.75. The summed E-state index contributed by atoms with van der Waals surface area (Å²) in [6.07, 6.45) is 3.41. The second-order valence-electron chi connectivity index (χ2n) is 4.89. The number of hydrogen-bond donors (Lipinski definition) is 2. The highest BCUT2D eigenvalue weighted by atomic mass is 16.2. The van der Waals surface area contributed by atoms with Gasteiger partial charge in [-0.15, -0.1) is 10.2 Å². The summed E-state index contributed by atoms with van der Waals surface area (Å²) in [6.45, 7) is 8.06. The molecule has 6 heteroatoms. The lowest BCUT2D eigenvalue weighted by Crippen LogP contribution is -2.50. The molecule has 0 aliphatic rings. The number of carbonyl (C=O) groups is 1. The maximum atomic E-state index is 11.9. The fourth-order valence-corrected chi connectivity index (χ4v) is 1.68. The second kappa shape index (κ2) is 5.84. The Morgan fingerprint density at radius 2 is 2.11 bits per heavy atom. The lowest BCUT2D eigenvalue weighted by molar-refractivity contribution is 0.221. The molecule has 18 heavy (non-hydrogen) atoms. The Kier molecular flexibility index (Phi) is 4.69. The monoisotopic (exact) mass is 253 g/mol. The largest absolute Gasteiger partial charge is 0.333 e. The summed E-state index contributed by atoms with van der Waals surface area (Å²) < 4.78 is 1.80. The summed E-state index contributed by atoms with van der Waals surface area (Å²) in [6, 6.07) is -0.341. The van der Waals surface area contributed by atoms with Crippen molar-refractivity contribution in [1.29, 1.82) is 0 Å². The van der Waals surface area contributed by atoms with Crippen LogP contribution >= 0.6 is 0 Å². The van der Waals surface area contributed by atoms with Crippen molar-refractivity contribution in [2.45, 2.75) is 52.1 Å². The van der Waals surface area contributed by atoms with Crippen molar-refractivity contribution in [2.24, 2.45) is 7.05 Å². The Morgan fingerprint density at radius 1 is 1.50 bits per heavy atom. The van der Waals surface area contributed by atoms with Crippen LogP contribution in [0.5, 0.6) is 0 Å². The van der Waals surface area contributed by atoms with E-state index in [0.717, 1.165) is 18.7 Å². The number of hydrogen-bond acceptors (Lipinski definition) is 3. The van der Waals surface area contributed by atoms with Gasteiger partial charge in [0.25, 0.3) is 0 Å². The van der Waals surface area contributed by atoms with Crippen LogP contribution in [0.1, 0.15) is 52.4 Å². The van der Waals surface area contributed by atoms with Crippen LogP contribution < -0.4 is 10.6 Å². The average Bonchev–Trinajstić information content (AvgIpc) is 2.75. The molecule has 0 saturated carbocycles. The van der Waals surface area contributed by atoms with E-state index in [9.17, 15) is 4.79 Å². The number of amides is 2. The first-order chi connectivity index (χ1) is 8.41. The molecule has 0 unspecified atom stereocenters. The van der Waals surface area contributed by atoms with Crippen LogP contribution in [0.3, 0.4) is 0 Å². The van der Waals surface area contributed by atoms with Gasteiger partial charge in [0, 0.05) is 12.6 Å². The van der Waals surface area contributed by atoms with E-state index in [0.29, 0.717) is 0 Å². The van der Waals surface area contributed by atoms with Crippen molar-refractivity contribution in [3.05, 3.63) is 12.2 Å². The Bertz CT molecular complexity index is 397. The van der Waals surface area contributed by atoms with E-state index in [1.807, 2.05) is 20.9 Å². The summed E-state index contributed by atoms with van der Waals surface area (Å²) in [7, 11) is 1.85. The van der Waals surface area contributed by atoms with Crippen molar-refractivity contribution in [1.82, 2.24) is 25.4 Å². The van der Waals surface area contributed by atoms with Crippen molar-refractivity contribution in [2.75, 3.05) is 0 Å². The molecule has 1 aromatic rings. The molecule has 0 bridgehead atoms. The molecule has 0 aliphatic carbocycles. The summed E-state index contributed by atoms with van der Waals surface area (Å²) >= 11 is 0. The molecular weight excluding hydrogens is 230 g/mol. The second-order valence-corrected chi connectivity index (χ2v) is 4.89. The van der Waals surface area contributed by atoms with Gasteiger partial charge in [-0.1, -0.05) is 13.8 Å². The van der Waals surface area contributed by atoms with Crippen molar-refractivity contribution in [3.63, 3.8) is 0 Å². The number of rotatable bonds is 5. The zero-order valence-corrected chi connectivity index (χ0v) is 11.8. The molecule has 1 atom stereocenters. The number of nitrogens with zero attached hydrogens (tertiary/aromatic N) is 3. The molecule has 2 amide bonds. The molecule has 1 heterocycles. The summed E-state index contributed by atoms with van der Waals surface area (Å²) in [5, 5.41) is 13.6. The van der Waals surface area contributed by atoms with Crippen molar-refractivity contribution in [3.8, 4) is 0 Å². The van der Waals surface area contributed by atoms with Crippen LogP contribution in [-0.2, 0) is 7.05 Å². The van der Waals surface area contributed by atoms with Crippen LogP contribution in [0.25, 0.3) is 0 Å². The van der Waals surface area contributed by atoms with Crippen LogP contribution in [0, 0.1) is 0 Å². The highest BCUT2D eigenvalue weighted by molar-refractivity contribution is 5.75. The van der Waals surface area contributed by atoms with E-state index in [4.69, 9.17) is 0 Å². The third kappa shape index (κ3) is 3.45. The molecule has 0 radical (unpaired) electrons. The Morgan fingerprint density at radius 3 is 2.56 bits per heavy atom. The lowest BCUT2D eigenvalue weighted by Gasteiger charge is -2.29.